The monoisotopic (exact) mass is 285 g/mol. The molecule has 1 unspecified atom stereocenters. The largest absolute Gasteiger partial charge is 0.305 e. The highest BCUT2D eigenvalue weighted by molar-refractivity contribution is 6.31. The van der Waals surface area contributed by atoms with Gasteiger partial charge in [0, 0.05) is 12.0 Å². The third-order valence-corrected chi connectivity index (χ3v) is 4.49. The molecule has 2 nitrogen and oxygen atoms in total. The maximum atomic E-state index is 14.0. The van der Waals surface area contributed by atoms with E-state index in [9.17, 15) is 13.6 Å². The van der Waals surface area contributed by atoms with Gasteiger partial charge in [-0.2, -0.15) is 0 Å². The van der Waals surface area contributed by atoms with E-state index in [0.717, 1.165) is 31.2 Å². The first-order chi connectivity index (χ1) is 9.05. The zero-order chi connectivity index (χ0) is 13.6. The number of anilines is 1. The lowest BCUT2D eigenvalue weighted by atomic mass is 9.81. The second-order valence-corrected chi connectivity index (χ2v) is 5.73. The lowest BCUT2D eigenvalue weighted by Crippen LogP contribution is -2.38. The Labute approximate surface area is 115 Å². The second kappa shape index (κ2) is 4.44. The van der Waals surface area contributed by atoms with Gasteiger partial charge in [-0.15, -0.1) is 0 Å². The minimum absolute atomic E-state index is 0.209. The number of nitrogens with zero attached hydrogens (tertiary/aromatic N) is 1. The summed E-state index contributed by atoms with van der Waals surface area (Å²) in [5, 5.41) is 0. The summed E-state index contributed by atoms with van der Waals surface area (Å²) in [4.78, 5) is 13.0. The molecule has 1 aromatic carbocycles. The molecule has 3 rings (SSSR count). The minimum Gasteiger partial charge on any atom is -0.305 e. The number of carbonyl (C=O) groups is 1. The SMILES string of the molecule is O=C(C(F)Cl)N1CC2(CCCC2)c2cccc(F)c21. The molecule has 0 saturated heterocycles. The van der Waals surface area contributed by atoms with E-state index in [2.05, 4.69) is 0 Å². The Morgan fingerprint density at radius 2 is 2.05 bits per heavy atom. The van der Waals surface area contributed by atoms with Crippen LogP contribution < -0.4 is 4.90 Å². The van der Waals surface area contributed by atoms with E-state index in [0.29, 0.717) is 6.54 Å². The molecule has 1 amide bonds. The number of fused-ring (bicyclic) bond motifs is 2. The Morgan fingerprint density at radius 1 is 1.37 bits per heavy atom. The van der Waals surface area contributed by atoms with Crippen LogP contribution in [0, 0.1) is 5.82 Å². The van der Waals surface area contributed by atoms with Crippen molar-refractivity contribution in [2.75, 3.05) is 11.4 Å². The Bertz CT molecular complexity index is 526. The number of alkyl halides is 2. The molecule has 1 spiro atoms. The first-order valence-electron chi connectivity index (χ1n) is 6.44. The molecule has 102 valence electrons. The number of carbonyl (C=O) groups excluding carboxylic acids is 1. The van der Waals surface area contributed by atoms with Crippen LogP contribution in [0.25, 0.3) is 0 Å². The molecule has 1 saturated carbocycles. The van der Waals surface area contributed by atoms with E-state index in [1.165, 1.54) is 11.0 Å². The highest BCUT2D eigenvalue weighted by Gasteiger charge is 2.48. The lowest BCUT2D eigenvalue weighted by Gasteiger charge is -2.24. The number of amides is 1. The topological polar surface area (TPSA) is 20.3 Å². The zero-order valence-electron chi connectivity index (χ0n) is 10.3. The minimum atomic E-state index is -2.12. The van der Waals surface area contributed by atoms with E-state index in [-0.39, 0.29) is 11.1 Å². The van der Waals surface area contributed by atoms with E-state index < -0.39 is 17.4 Å². The van der Waals surface area contributed by atoms with E-state index in [1.54, 1.807) is 6.07 Å². The van der Waals surface area contributed by atoms with Crippen LogP contribution in [-0.4, -0.2) is 18.1 Å². The average Bonchev–Trinajstić information content (AvgIpc) is 2.97. The first-order valence-corrected chi connectivity index (χ1v) is 6.87. The second-order valence-electron chi connectivity index (χ2n) is 5.35. The maximum Gasteiger partial charge on any atom is 0.277 e. The predicted molar refractivity (Wildman–Crippen MR) is 69.6 cm³/mol. The highest BCUT2D eigenvalue weighted by atomic mass is 35.5. The van der Waals surface area contributed by atoms with Crippen molar-refractivity contribution in [1.82, 2.24) is 0 Å². The molecule has 19 heavy (non-hydrogen) atoms. The van der Waals surface area contributed by atoms with Crippen molar-refractivity contribution >= 4 is 23.2 Å². The standard InChI is InChI=1S/C14H14ClF2NO/c15-12(17)13(19)18-8-14(6-1-2-7-14)9-4-3-5-10(16)11(9)18/h3-5,12H,1-2,6-8H2. The van der Waals surface area contributed by atoms with Gasteiger partial charge in [0.1, 0.15) is 5.82 Å². The van der Waals surface area contributed by atoms with Crippen molar-refractivity contribution < 1.29 is 13.6 Å². The summed E-state index contributed by atoms with van der Waals surface area (Å²) in [5.41, 5.74) is -1.28. The van der Waals surface area contributed by atoms with Gasteiger partial charge in [0.2, 0.25) is 0 Å². The molecule has 5 heteroatoms. The van der Waals surface area contributed by atoms with Gasteiger partial charge in [0.25, 0.3) is 11.5 Å². The number of hydrogen-bond donors (Lipinski definition) is 0. The third-order valence-electron chi connectivity index (χ3n) is 4.30. The van der Waals surface area contributed by atoms with Crippen LogP contribution in [0.5, 0.6) is 0 Å². The van der Waals surface area contributed by atoms with E-state index >= 15 is 0 Å². The molecule has 1 aliphatic heterocycles. The maximum absolute atomic E-state index is 14.0. The fourth-order valence-corrected chi connectivity index (χ4v) is 3.59. The number of benzene rings is 1. The van der Waals surface area contributed by atoms with Crippen LogP contribution >= 0.6 is 11.6 Å². The molecule has 1 aromatic rings. The normalized spacial score (nSPS) is 21.7. The van der Waals surface area contributed by atoms with Crippen LogP contribution in [0.1, 0.15) is 31.2 Å². The van der Waals surface area contributed by atoms with E-state index in [4.69, 9.17) is 11.6 Å². The molecule has 0 N–H and O–H groups in total. The summed E-state index contributed by atoms with van der Waals surface area (Å²) < 4.78 is 27.1. The predicted octanol–water partition coefficient (Wildman–Crippen LogP) is 3.52. The van der Waals surface area contributed by atoms with Crippen LogP contribution in [0.2, 0.25) is 0 Å². The van der Waals surface area contributed by atoms with Crippen molar-refractivity contribution in [2.45, 2.75) is 36.7 Å². The molecule has 1 heterocycles. The van der Waals surface area contributed by atoms with Gasteiger partial charge in [-0.25, -0.2) is 8.78 Å². The fourth-order valence-electron chi connectivity index (χ4n) is 3.47. The number of rotatable bonds is 1. The van der Waals surface area contributed by atoms with Gasteiger partial charge >= 0.3 is 0 Å². The molecule has 1 fully saturated rings. The van der Waals surface area contributed by atoms with Crippen LogP contribution in [0.3, 0.4) is 0 Å². The molecular weight excluding hydrogens is 272 g/mol. The molecule has 0 aromatic heterocycles. The Morgan fingerprint density at radius 3 is 2.68 bits per heavy atom. The van der Waals surface area contributed by atoms with Crippen LogP contribution in [0.4, 0.5) is 14.5 Å². The molecule has 0 bridgehead atoms. The van der Waals surface area contributed by atoms with Gasteiger partial charge < -0.3 is 4.90 Å². The quantitative estimate of drug-likeness (QED) is 0.723. The van der Waals surface area contributed by atoms with Gasteiger partial charge in [-0.1, -0.05) is 36.6 Å². The van der Waals surface area contributed by atoms with Crippen LogP contribution in [0.15, 0.2) is 18.2 Å². The third kappa shape index (κ3) is 1.84. The highest BCUT2D eigenvalue weighted by Crippen LogP contribution is 2.51. The van der Waals surface area contributed by atoms with Crippen molar-refractivity contribution in [1.29, 1.82) is 0 Å². The van der Waals surface area contributed by atoms with Crippen molar-refractivity contribution in [3.8, 4) is 0 Å². The summed E-state index contributed by atoms with van der Waals surface area (Å²) in [6.45, 7) is 0.342. The first kappa shape index (κ1) is 12.9. The van der Waals surface area contributed by atoms with Crippen LogP contribution in [-0.2, 0) is 10.2 Å². The fraction of sp³-hybridized carbons (Fsp3) is 0.500. The van der Waals surface area contributed by atoms with Gasteiger partial charge in [0.15, 0.2) is 0 Å². The van der Waals surface area contributed by atoms with E-state index in [1.807, 2.05) is 6.07 Å². The van der Waals surface area contributed by atoms with Gasteiger partial charge in [-0.05, 0) is 24.5 Å². The molecule has 1 aliphatic carbocycles. The van der Waals surface area contributed by atoms with Crippen molar-refractivity contribution in [2.24, 2.45) is 0 Å². The Balaban J connectivity index is 2.11. The summed E-state index contributed by atoms with van der Waals surface area (Å²) in [5.74, 6) is -1.34. The summed E-state index contributed by atoms with van der Waals surface area (Å²) in [6, 6.07) is 4.79. The summed E-state index contributed by atoms with van der Waals surface area (Å²) >= 11 is 5.24. The number of hydrogen-bond acceptors (Lipinski definition) is 1. The average molecular weight is 286 g/mol. The summed E-state index contributed by atoms with van der Waals surface area (Å²) in [6.07, 6.45) is 3.93. The number of para-hydroxylation sites is 1. The Kier molecular flexibility index (Phi) is 3.01. The van der Waals surface area contributed by atoms with Crippen molar-refractivity contribution in [3.63, 3.8) is 0 Å². The summed E-state index contributed by atoms with van der Waals surface area (Å²) in [7, 11) is 0. The van der Waals surface area contributed by atoms with Gasteiger partial charge in [-0.3, -0.25) is 4.79 Å². The molecule has 0 radical (unpaired) electrons. The molecule has 1 atom stereocenters. The van der Waals surface area contributed by atoms with Crippen molar-refractivity contribution in [3.05, 3.63) is 29.6 Å². The smallest absolute Gasteiger partial charge is 0.277 e. The van der Waals surface area contributed by atoms with Gasteiger partial charge in [0.05, 0.1) is 5.69 Å². The molecule has 2 aliphatic rings. The molecular formula is C14H14ClF2NO. The number of halogens is 3. The lowest BCUT2D eigenvalue weighted by molar-refractivity contribution is -0.120. The zero-order valence-corrected chi connectivity index (χ0v) is 11.1. The Hall–Kier alpha value is -1.16.